The lowest BCUT2D eigenvalue weighted by Crippen LogP contribution is -2.58. The number of likely N-dealkylation sites (N-methyl/N-ethyl adjacent to an activating group) is 1. The Labute approximate surface area is 217 Å². The number of carbonyl (C=O) groups is 3. The first-order valence-corrected chi connectivity index (χ1v) is 13.5. The number of likely N-dealkylation sites (tertiary alicyclic amines) is 1. The molecule has 2 fully saturated rings. The Bertz CT molecular complexity index is 1120. The highest BCUT2D eigenvalue weighted by molar-refractivity contribution is 8.02. The van der Waals surface area contributed by atoms with E-state index in [4.69, 9.17) is 0 Å². The minimum atomic E-state index is -0.889. The van der Waals surface area contributed by atoms with Crippen molar-refractivity contribution in [3.05, 3.63) is 60.2 Å². The number of hydrogen-bond donors (Lipinski definition) is 1. The maximum Gasteiger partial charge on any atom is 0.247 e. The van der Waals surface area contributed by atoms with Crippen LogP contribution >= 0.6 is 11.8 Å². The Morgan fingerprint density at radius 1 is 1.00 bits per heavy atom. The smallest absolute Gasteiger partial charge is 0.247 e. The molecular formula is C28H35N3O4S. The van der Waals surface area contributed by atoms with Crippen LogP contribution in [0, 0.1) is 11.8 Å². The Morgan fingerprint density at radius 2 is 1.69 bits per heavy atom. The Morgan fingerprint density at radius 3 is 2.36 bits per heavy atom. The van der Waals surface area contributed by atoms with E-state index in [-0.39, 0.29) is 30.4 Å². The van der Waals surface area contributed by atoms with Crippen LogP contribution in [-0.4, -0.2) is 91.9 Å². The fraction of sp³-hybridized carbons (Fsp3) is 0.536. The fourth-order valence-corrected chi connectivity index (χ4v) is 8.74. The Kier molecular flexibility index (Phi) is 6.32. The summed E-state index contributed by atoms with van der Waals surface area (Å²) in [5, 5.41) is 10.5. The first kappa shape index (κ1) is 25.1. The molecule has 4 aliphatic rings. The third-order valence-corrected chi connectivity index (χ3v) is 10.1. The molecule has 1 unspecified atom stereocenters. The molecule has 8 heteroatoms. The van der Waals surface area contributed by atoms with E-state index in [1.807, 2.05) is 69.3 Å². The van der Waals surface area contributed by atoms with Crippen LogP contribution in [0.25, 0.3) is 0 Å². The summed E-state index contributed by atoms with van der Waals surface area (Å²) < 4.78 is -1.50. The van der Waals surface area contributed by atoms with Crippen molar-refractivity contribution in [2.75, 3.05) is 26.7 Å². The number of benzene rings is 1. The van der Waals surface area contributed by atoms with Gasteiger partial charge in [-0.2, -0.15) is 0 Å². The number of hydrogen-bond acceptors (Lipinski definition) is 5. The summed E-state index contributed by atoms with van der Waals surface area (Å²) in [5.41, 5.74) is 0.985. The molecular weight excluding hydrogens is 474 g/mol. The summed E-state index contributed by atoms with van der Waals surface area (Å²) in [6, 6.07) is 8.31. The molecule has 1 N–H and O–H groups in total. The minimum Gasteiger partial charge on any atom is -0.394 e. The van der Waals surface area contributed by atoms with E-state index in [0.29, 0.717) is 19.5 Å². The van der Waals surface area contributed by atoms with E-state index in [1.54, 1.807) is 33.5 Å². The molecule has 4 aliphatic heterocycles. The third kappa shape index (κ3) is 3.64. The van der Waals surface area contributed by atoms with Crippen LogP contribution in [0.3, 0.4) is 0 Å². The van der Waals surface area contributed by atoms with Gasteiger partial charge < -0.3 is 19.8 Å². The van der Waals surface area contributed by atoms with Crippen LogP contribution in [0.15, 0.2) is 54.6 Å². The molecule has 0 radical (unpaired) electrons. The van der Waals surface area contributed by atoms with Crippen LogP contribution in [0.1, 0.15) is 26.3 Å². The molecule has 4 heterocycles. The summed E-state index contributed by atoms with van der Waals surface area (Å²) in [5.74, 6) is -1.68. The third-order valence-electron chi connectivity index (χ3n) is 8.27. The highest BCUT2D eigenvalue weighted by atomic mass is 32.2. The van der Waals surface area contributed by atoms with Gasteiger partial charge >= 0.3 is 0 Å². The van der Waals surface area contributed by atoms with Gasteiger partial charge in [-0.25, -0.2) is 0 Å². The van der Waals surface area contributed by atoms with E-state index in [0.717, 1.165) is 5.56 Å². The lowest BCUT2D eigenvalue weighted by atomic mass is 9.74. The van der Waals surface area contributed by atoms with Crippen LogP contribution in [0.2, 0.25) is 0 Å². The van der Waals surface area contributed by atoms with Crippen LogP contribution in [0.5, 0.6) is 0 Å². The molecule has 0 bridgehead atoms. The molecule has 6 atom stereocenters. The summed E-state index contributed by atoms with van der Waals surface area (Å²) in [6.45, 7) is 6.66. The van der Waals surface area contributed by atoms with Gasteiger partial charge in [0.1, 0.15) is 6.04 Å². The van der Waals surface area contributed by atoms with Gasteiger partial charge in [-0.3, -0.25) is 14.4 Å². The van der Waals surface area contributed by atoms with Gasteiger partial charge in [0, 0.05) is 30.9 Å². The average Bonchev–Trinajstić information content (AvgIpc) is 3.12. The summed E-state index contributed by atoms with van der Waals surface area (Å²) in [6.07, 6.45) is 8.51. The predicted octanol–water partition coefficient (Wildman–Crippen LogP) is 2.11. The summed E-state index contributed by atoms with van der Waals surface area (Å²) in [4.78, 5) is 47.5. The monoisotopic (exact) mass is 509 g/mol. The van der Waals surface area contributed by atoms with Crippen LogP contribution in [0.4, 0.5) is 0 Å². The molecule has 0 aromatic heterocycles. The summed E-state index contributed by atoms with van der Waals surface area (Å²) in [7, 11) is 1.77. The molecule has 36 heavy (non-hydrogen) atoms. The maximum atomic E-state index is 14.4. The van der Waals surface area contributed by atoms with Crippen molar-refractivity contribution in [3.8, 4) is 0 Å². The number of amides is 3. The van der Waals surface area contributed by atoms with E-state index < -0.39 is 33.4 Å². The van der Waals surface area contributed by atoms with Crippen molar-refractivity contribution in [1.82, 2.24) is 14.7 Å². The number of fused-ring (bicyclic) bond motifs is 2. The second-order valence-electron chi connectivity index (χ2n) is 10.9. The minimum absolute atomic E-state index is 0.0462. The van der Waals surface area contributed by atoms with Crippen LogP contribution < -0.4 is 0 Å². The van der Waals surface area contributed by atoms with Crippen LogP contribution in [-0.2, 0) is 20.8 Å². The number of aliphatic hydroxyl groups is 1. The highest BCUT2D eigenvalue weighted by Gasteiger charge is 2.74. The van der Waals surface area contributed by atoms with E-state index in [2.05, 4.69) is 6.08 Å². The molecule has 2 saturated heterocycles. The van der Waals surface area contributed by atoms with Crippen molar-refractivity contribution in [1.29, 1.82) is 0 Å². The zero-order chi connectivity index (χ0) is 25.8. The van der Waals surface area contributed by atoms with Crippen molar-refractivity contribution >= 4 is 29.5 Å². The first-order chi connectivity index (χ1) is 17.1. The predicted molar refractivity (Wildman–Crippen MR) is 140 cm³/mol. The maximum absolute atomic E-state index is 14.4. The van der Waals surface area contributed by atoms with Gasteiger partial charge in [-0.1, -0.05) is 54.6 Å². The van der Waals surface area contributed by atoms with Crippen molar-refractivity contribution in [2.45, 2.75) is 54.8 Å². The molecule has 7 nitrogen and oxygen atoms in total. The zero-order valence-corrected chi connectivity index (χ0v) is 22.1. The molecule has 0 aliphatic carbocycles. The molecule has 1 aromatic rings. The molecule has 1 aromatic carbocycles. The van der Waals surface area contributed by atoms with Crippen molar-refractivity contribution < 1.29 is 19.5 Å². The molecule has 1 spiro atoms. The average molecular weight is 510 g/mol. The first-order valence-electron chi connectivity index (χ1n) is 12.7. The quantitative estimate of drug-likeness (QED) is 0.615. The van der Waals surface area contributed by atoms with E-state index >= 15 is 0 Å². The van der Waals surface area contributed by atoms with E-state index in [9.17, 15) is 19.5 Å². The topological polar surface area (TPSA) is 81.2 Å². The van der Waals surface area contributed by atoms with Gasteiger partial charge in [0.25, 0.3) is 0 Å². The fourth-order valence-electron chi connectivity index (χ4n) is 6.60. The Hall–Kier alpha value is -2.58. The number of carbonyl (C=O) groups excluding carboxylic acids is 3. The lowest BCUT2D eigenvalue weighted by molar-refractivity contribution is -0.147. The van der Waals surface area contributed by atoms with Crippen molar-refractivity contribution in [2.24, 2.45) is 11.8 Å². The van der Waals surface area contributed by atoms with Gasteiger partial charge in [-0.15, -0.1) is 11.8 Å². The highest BCUT2D eigenvalue weighted by Crippen LogP contribution is 2.65. The van der Waals surface area contributed by atoms with Gasteiger partial charge in [0.15, 0.2) is 0 Å². The van der Waals surface area contributed by atoms with Gasteiger partial charge in [0.2, 0.25) is 17.7 Å². The number of rotatable bonds is 5. The van der Waals surface area contributed by atoms with E-state index in [1.165, 1.54) is 0 Å². The Balaban J connectivity index is 1.66. The molecule has 192 valence electrons. The normalized spacial score (nSPS) is 34.6. The molecule has 3 amide bonds. The number of thioether (sulfide) groups is 1. The zero-order valence-electron chi connectivity index (χ0n) is 21.3. The largest absolute Gasteiger partial charge is 0.394 e. The molecule has 0 saturated carbocycles. The molecule has 5 rings (SSSR count). The SMILES string of the molecule is CC(C)N1CC=C[C@]23S[C@@]4(C)C=CCN(C)C(=O)[C@H]4[C@H]2C(=O)N([C@@H](CO)Cc2ccccc2)C3C1=O. The van der Waals surface area contributed by atoms with Gasteiger partial charge in [-0.05, 0) is 32.8 Å². The standard InChI is InChI=1S/C28H35N3O4S/c1-18(2)30-15-9-13-28-22(21-24(33)29(4)14-8-12-27(21,3)36-28)25(34)31(23(28)26(30)35)20(17-32)16-19-10-6-5-7-11-19/h5-13,18,20-23,32H,14-17H2,1-4H3/t20-,21-,22+,23?,27+,28+/m1/s1. The number of aliphatic hydroxyl groups excluding tert-OH is 1. The summed E-state index contributed by atoms with van der Waals surface area (Å²) >= 11 is 1.58. The van der Waals surface area contributed by atoms with Gasteiger partial charge in [0.05, 0.1) is 29.2 Å². The lowest BCUT2D eigenvalue weighted by Gasteiger charge is -2.40. The van der Waals surface area contributed by atoms with Crippen molar-refractivity contribution in [3.63, 3.8) is 0 Å². The second kappa shape index (κ2) is 9.06. The second-order valence-corrected chi connectivity index (χ2v) is 12.7. The number of nitrogens with zero attached hydrogens (tertiary/aromatic N) is 3.